The first-order valence-corrected chi connectivity index (χ1v) is 11.4. The van der Waals surface area contributed by atoms with E-state index in [9.17, 15) is 0 Å². The molecule has 4 nitrogen and oxygen atoms in total. The summed E-state index contributed by atoms with van der Waals surface area (Å²) >= 11 is 0. The van der Waals surface area contributed by atoms with Crippen LogP contribution in [0.15, 0.2) is 82.8 Å². The summed E-state index contributed by atoms with van der Waals surface area (Å²) in [6.07, 6.45) is 3.75. The van der Waals surface area contributed by atoms with Crippen LogP contribution in [0.1, 0.15) is 33.4 Å². The number of hydrogen-bond acceptors (Lipinski definition) is 4. The lowest BCUT2D eigenvalue weighted by atomic mass is 10.0. The second kappa shape index (κ2) is 8.99. The molecule has 0 spiro atoms. The second-order valence-electron chi connectivity index (χ2n) is 8.90. The van der Waals surface area contributed by atoms with Crippen LogP contribution in [0, 0.1) is 27.7 Å². The number of aromatic nitrogens is 2. The summed E-state index contributed by atoms with van der Waals surface area (Å²) in [5, 5.41) is 11.3. The smallest absolute Gasteiger partial charge is 0.102 e. The second-order valence-corrected chi connectivity index (χ2v) is 8.90. The summed E-state index contributed by atoms with van der Waals surface area (Å²) in [6.45, 7) is 8.34. The molecule has 1 heterocycles. The normalized spacial score (nSPS) is 11.9. The molecule has 0 atom stereocenters. The Morgan fingerprint density at radius 3 is 1.29 bits per heavy atom. The van der Waals surface area contributed by atoms with Crippen molar-refractivity contribution in [2.75, 3.05) is 0 Å². The minimum atomic E-state index is 0.839. The standard InChI is InChI=1S/C30H26N4/c1-19-11-20(2)14-25(13-19)31-17-23-7-5-9-27-28-10-6-8-24(30(28)34-33-29(23)27)18-32-26-15-21(3)12-22(4)16-26/h5-18H,1-4H3. The van der Waals surface area contributed by atoms with Gasteiger partial charge in [0.1, 0.15) is 11.0 Å². The van der Waals surface area contributed by atoms with Crippen LogP contribution < -0.4 is 0 Å². The van der Waals surface area contributed by atoms with Gasteiger partial charge < -0.3 is 0 Å². The van der Waals surface area contributed by atoms with Crippen molar-refractivity contribution >= 4 is 45.6 Å². The molecule has 4 heteroatoms. The van der Waals surface area contributed by atoms with Crippen molar-refractivity contribution in [3.63, 3.8) is 0 Å². The molecule has 4 aromatic carbocycles. The molecule has 166 valence electrons. The van der Waals surface area contributed by atoms with Gasteiger partial charge in [-0.25, -0.2) is 0 Å². The molecule has 0 aliphatic carbocycles. The third-order valence-electron chi connectivity index (χ3n) is 5.79. The van der Waals surface area contributed by atoms with E-state index in [1.165, 1.54) is 22.3 Å². The number of aryl methyl sites for hydroxylation is 4. The predicted octanol–water partition coefficient (Wildman–Crippen LogP) is 7.52. The highest BCUT2D eigenvalue weighted by molar-refractivity contribution is 6.12. The lowest BCUT2D eigenvalue weighted by molar-refractivity contribution is 1.12. The maximum absolute atomic E-state index is 4.71. The van der Waals surface area contributed by atoms with Gasteiger partial charge in [0.2, 0.25) is 0 Å². The average Bonchev–Trinajstić information content (AvgIpc) is 2.80. The van der Waals surface area contributed by atoms with Crippen LogP contribution in [-0.4, -0.2) is 22.6 Å². The summed E-state index contributed by atoms with van der Waals surface area (Å²) in [5.74, 6) is 0. The van der Waals surface area contributed by atoms with Crippen LogP contribution in [0.3, 0.4) is 0 Å². The van der Waals surface area contributed by atoms with Crippen LogP contribution in [0.4, 0.5) is 11.4 Å². The quantitative estimate of drug-likeness (QED) is 0.213. The SMILES string of the molecule is Cc1cc(C)cc(N=Cc2cccc3c2nnc2c(C=Nc4cc(C)cc(C)c4)cccc23)c1. The maximum Gasteiger partial charge on any atom is 0.102 e. The fourth-order valence-electron chi connectivity index (χ4n) is 4.43. The number of nitrogens with zero attached hydrogens (tertiary/aromatic N) is 4. The Morgan fingerprint density at radius 1 is 0.529 bits per heavy atom. The fraction of sp³-hybridized carbons (Fsp3) is 0.133. The van der Waals surface area contributed by atoms with E-state index in [0.29, 0.717) is 0 Å². The summed E-state index contributed by atoms with van der Waals surface area (Å²) in [4.78, 5) is 9.42. The molecule has 0 bridgehead atoms. The first-order valence-electron chi connectivity index (χ1n) is 11.4. The molecule has 0 aliphatic heterocycles. The zero-order valence-electron chi connectivity index (χ0n) is 19.9. The van der Waals surface area contributed by atoms with Gasteiger partial charge in [-0.2, -0.15) is 0 Å². The first-order chi connectivity index (χ1) is 16.5. The van der Waals surface area contributed by atoms with E-state index in [1.54, 1.807) is 0 Å². The van der Waals surface area contributed by atoms with Gasteiger partial charge in [-0.15, -0.1) is 10.2 Å². The van der Waals surface area contributed by atoms with E-state index in [2.05, 4.69) is 86.4 Å². The minimum Gasteiger partial charge on any atom is -0.256 e. The Bertz CT molecular complexity index is 1430. The average molecular weight is 443 g/mol. The molecule has 0 fully saturated rings. The molecule has 0 saturated carbocycles. The van der Waals surface area contributed by atoms with Crippen LogP contribution in [0.5, 0.6) is 0 Å². The van der Waals surface area contributed by atoms with Crippen LogP contribution in [0.2, 0.25) is 0 Å². The third-order valence-corrected chi connectivity index (χ3v) is 5.79. The highest BCUT2D eigenvalue weighted by Gasteiger charge is 2.09. The van der Waals surface area contributed by atoms with Gasteiger partial charge in [-0.05, 0) is 74.2 Å². The summed E-state index contributed by atoms with van der Waals surface area (Å²) in [5.41, 5.74) is 10.2. The molecule has 5 rings (SSSR count). The molecule has 34 heavy (non-hydrogen) atoms. The Morgan fingerprint density at radius 2 is 0.912 bits per heavy atom. The number of hydrogen-bond donors (Lipinski definition) is 0. The van der Waals surface area contributed by atoms with Crippen molar-refractivity contribution in [1.82, 2.24) is 10.2 Å². The van der Waals surface area contributed by atoms with Gasteiger partial charge in [0.05, 0.1) is 11.4 Å². The molecule has 0 aliphatic rings. The summed E-state index contributed by atoms with van der Waals surface area (Å²) in [7, 11) is 0. The van der Waals surface area contributed by atoms with Gasteiger partial charge >= 0.3 is 0 Å². The van der Waals surface area contributed by atoms with Gasteiger partial charge in [-0.3, -0.25) is 9.98 Å². The number of rotatable bonds is 4. The molecular formula is C30H26N4. The zero-order chi connectivity index (χ0) is 23.7. The molecule has 0 radical (unpaired) electrons. The Labute approximate surface area is 199 Å². The molecule has 0 N–H and O–H groups in total. The van der Waals surface area contributed by atoms with Gasteiger partial charge in [0.25, 0.3) is 0 Å². The van der Waals surface area contributed by atoms with Crippen molar-refractivity contribution in [2.24, 2.45) is 9.98 Å². The van der Waals surface area contributed by atoms with Gasteiger partial charge in [-0.1, -0.05) is 48.5 Å². The van der Waals surface area contributed by atoms with E-state index in [4.69, 9.17) is 9.98 Å². The summed E-state index contributed by atoms with van der Waals surface area (Å²) in [6, 6.07) is 24.9. The van der Waals surface area contributed by atoms with Gasteiger partial charge in [0.15, 0.2) is 0 Å². The molecule has 0 amide bonds. The minimum absolute atomic E-state index is 0.839. The Kier molecular flexibility index (Phi) is 5.72. The van der Waals surface area contributed by atoms with E-state index in [0.717, 1.165) is 44.3 Å². The molecule has 5 aromatic rings. The zero-order valence-corrected chi connectivity index (χ0v) is 19.9. The largest absolute Gasteiger partial charge is 0.256 e. The van der Waals surface area contributed by atoms with Crippen molar-refractivity contribution in [1.29, 1.82) is 0 Å². The van der Waals surface area contributed by atoms with Crippen LogP contribution in [0.25, 0.3) is 21.8 Å². The Hall–Kier alpha value is -4.18. The van der Waals surface area contributed by atoms with Crippen molar-refractivity contribution in [3.05, 3.63) is 106 Å². The topological polar surface area (TPSA) is 50.5 Å². The highest BCUT2D eigenvalue weighted by Crippen LogP contribution is 2.26. The van der Waals surface area contributed by atoms with Crippen molar-refractivity contribution in [2.45, 2.75) is 27.7 Å². The number of fused-ring (bicyclic) bond motifs is 3. The Balaban J connectivity index is 1.56. The van der Waals surface area contributed by atoms with E-state index in [1.807, 2.05) is 36.7 Å². The van der Waals surface area contributed by atoms with E-state index >= 15 is 0 Å². The first kappa shape index (κ1) is 21.7. The predicted molar refractivity (Wildman–Crippen MR) is 143 cm³/mol. The van der Waals surface area contributed by atoms with Crippen molar-refractivity contribution in [3.8, 4) is 0 Å². The van der Waals surface area contributed by atoms with Crippen molar-refractivity contribution < 1.29 is 0 Å². The number of benzene rings is 4. The van der Waals surface area contributed by atoms with Crippen LogP contribution >= 0.6 is 0 Å². The highest BCUT2D eigenvalue weighted by atomic mass is 15.1. The van der Waals surface area contributed by atoms with Crippen LogP contribution in [-0.2, 0) is 0 Å². The molecule has 1 aromatic heterocycles. The van der Waals surface area contributed by atoms with E-state index < -0.39 is 0 Å². The fourth-order valence-corrected chi connectivity index (χ4v) is 4.43. The van der Waals surface area contributed by atoms with Gasteiger partial charge in [0, 0.05) is 34.3 Å². The maximum atomic E-state index is 4.71. The molecular weight excluding hydrogens is 416 g/mol. The van der Waals surface area contributed by atoms with E-state index in [-0.39, 0.29) is 0 Å². The lowest BCUT2D eigenvalue weighted by Gasteiger charge is -2.07. The third kappa shape index (κ3) is 4.48. The number of aliphatic imine (C=N–C) groups is 2. The monoisotopic (exact) mass is 442 g/mol. The lowest BCUT2D eigenvalue weighted by Crippen LogP contribution is -1.95. The molecule has 0 saturated heterocycles. The summed E-state index contributed by atoms with van der Waals surface area (Å²) < 4.78 is 0. The molecule has 0 unspecified atom stereocenters.